The second-order valence-corrected chi connectivity index (χ2v) is 5.77. The monoisotopic (exact) mass is 226 g/mol. The van der Waals surface area contributed by atoms with E-state index in [1.165, 1.54) is 45.4 Å². The first-order chi connectivity index (χ1) is 7.63. The lowest BCUT2D eigenvalue weighted by Gasteiger charge is -2.35. The van der Waals surface area contributed by atoms with Gasteiger partial charge >= 0.3 is 0 Å². The van der Waals surface area contributed by atoms with Crippen LogP contribution in [0, 0.1) is 11.8 Å². The zero-order valence-electron chi connectivity index (χ0n) is 11.6. The van der Waals surface area contributed by atoms with E-state index in [2.05, 4.69) is 37.9 Å². The van der Waals surface area contributed by atoms with Crippen LogP contribution in [0.3, 0.4) is 0 Å². The molecule has 0 spiro atoms. The van der Waals surface area contributed by atoms with Crippen LogP contribution in [-0.4, -0.2) is 37.1 Å². The Morgan fingerprint density at radius 2 is 2.06 bits per heavy atom. The van der Waals surface area contributed by atoms with Crippen molar-refractivity contribution < 1.29 is 0 Å². The van der Waals surface area contributed by atoms with Crippen molar-refractivity contribution in [3.8, 4) is 0 Å². The smallest absolute Gasteiger partial charge is 0.00387 e. The van der Waals surface area contributed by atoms with Crippen LogP contribution >= 0.6 is 0 Å². The Balaban J connectivity index is 2.17. The van der Waals surface area contributed by atoms with Gasteiger partial charge in [-0.25, -0.2) is 0 Å². The second kappa shape index (κ2) is 7.29. The maximum atomic E-state index is 3.64. The third-order valence-electron chi connectivity index (χ3n) is 3.90. The average Bonchev–Trinajstić information content (AvgIpc) is 2.29. The molecule has 0 aromatic carbocycles. The van der Waals surface area contributed by atoms with Crippen LogP contribution in [0.5, 0.6) is 0 Å². The summed E-state index contributed by atoms with van der Waals surface area (Å²) in [5, 5.41) is 3.64. The van der Waals surface area contributed by atoms with E-state index in [0.29, 0.717) is 0 Å². The quantitative estimate of drug-likeness (QED) is 0.749. The van der Waals surface area contributed by atoms with Crippen molar-refractivity contribution in [3.63, 3.8) is 0 Å². The standard InChI is InChI=1S/C14H30N2/c1-5-13(4)9-15-10-14-7-6-8-16(11-14)12(2)3/h12-15H,5-11H2,1-4H3. The Labute approximate surface area is 102 Å². The van der Waals surface area contributed by atoms with Gasteiger partial charge in [0.1, 0.15) is 0 Å². The van der Waals surface area contributed by atoms with Crippen molar-refractivity contribution in [3.05, 3.63) is 0 Å². The Bertz CT molecular complexity index is 180. The minimum atomic E-state index is 0.720. The summed E-state index contributed by atoms with van der Waals surface area (Å²) in [6.07, 6.45) is 4.08. The molecule has 2 heteroatoms. The topological polar surface area (TPSA) is 15.3 Å². The first kappa shape index (κ1) is 14.0. The summed E-state index contributed by atoms with van der Waals surface area (Å²) >= 11 is 0. The summed E-state index contributed by atoms with van der Waals surface area (Å²) in [6, 6.07) is 0.720. The fourth-order valence-corrected chi connectivity index (χ4v) is 2.41. The molecule has 0 aromatic rings. The second-order valence-electron chi connectivity index (χ2n) is 5.77. The molecule has 0 aliphatic carbocycles. The highest BCUT2D eigenvalue weighted by molar-refractivity contribution is 4.76. The summed E-state index contributed by atoms with van der Waals surface area (Å²) < 4.78 is 0. The molecule has 1 heterocycles. The largest absolute Gasteiger partial charge is 0.316 e. The van der Waals surface area contributed by atoms with Gasteiger partial charge in [-0.3, -0.25) is 0 Å². The van der Waals surface area contributed by atoms with Crippen LogP contribution in [0.4, 0.5) is 0 Å². The molecular formula is C14H30N2. The Morgan fingerprint density at radius 1 is 1.31 bits per heavy atom. The van der Waals surface area contributed by atoms with Gasteiger partial charge in [0.05, 0.1) is 0 Å². The van der Waals surface area contributed by atoms with Crippen molar-refractivity contribution in [1.82, 2.24) is 10.2 Å². The highest BCUT2D eigenvalue weighted by Crippen LogP contribution is 2.17. The summed E-state index contributed by atoms with van der Waals surface area (Å²) in [5.74, 6) is 1.70. The van der Waals surface area contributed by atoms with Gasteiger partial charge in [-0.1, -0.05) is 20.3 Å². The number of hydrogen-bond acceptors (Lipinski definition) is 2. The number of piperidine rings is 1. The predicted molar refractivity (Wildman–Crippen MR) is 71.8 cm³/mol. The van der Waals surface area contributed by atoms with Crippen molar-refractivity contribution in [2.75, 3.05) is 26.2 Å². The maximum Gasteiger partial charge on any atom is 0.00387 e. The lowest BCUT2D eigenvalue weighted by Crippen LogP contribution is -2.43. The fraction of sp³-hybridized carbons (Fsp3) is 1.00. The number of nitrogens with one attached hydrogen (secondary N) is 1. The number of hydrogen-bond donors (Lipinski definition) is 1. The van der Waals surface area contributed by atoms with Crippen molar-refractivity contribution in [2.24, 2.45) is 11.8 Å². The van der Waals surface area contributed by atoms with Crippen LogP contribution in [0.1, 0.15) is 47.0 Å². The van der Waals surface area contributed by atoms with Gasteiger partial charge in [0, 0.05) is 12.6 Å². The Morgan fingerprint density at radius 3 is 2.69 bits per heavy atom. The van der Waals surface area contributed by atoms with E-state index in [4.69, 9.17) is 0 Å². The molecule has 1 aliphatic heterocycles. The predicted octanol–water partition coefficient (Wildman–Crippen LogP) is 2.74. The Hall–Kier alpha value is -0.0800. The van der Waals surface area contributed by atoms with Crippen molar-refractivity contribution in [1.29, 1.82) is 0 Å². The van der Waals surface area contributed by atoms with Crippen LogP contribution < -0.4 is 5.32 Å². The molecule has 0 aromatic heterocycles. The minimum Gasteiger partial charge on any atom is -0.316 e. The average molecular weight is 226 g/mol. The van der Waals surface area contributed by atoms with E-state index in [1.807, 2.05) is 0 Å². The number of likely N-dealkylation sites (tertiary alicyclic amines) is 1. The molecule has 1 aliphatic rings. The SMILES string of the molecule is CCC(C)CNCC1CCCN(C(C)C)C1. The van der Waals surface area contributed by atoms with E-state index in [9.17, 15) is 0 Å². The van der Waals surface area contributed by atoms with Gasteiger partial charge in [-0.05, 0) is 58.2 Å². The molecule has 16 heavy (non-hydrogen) atoms. The molecule has 1 saturated heterocycles. The van der Waals surface area contributed by atoms with Gasteiger partial charge < -0.3 is 10.2 Å². The van der Waals surface area contributed by atoms with Gasteiger partial charge in [0.2, 0.25) is 0 Å². The van der Waals surface area contributed by atoms with Crippen LogP contribution in [-0.2, 0) is 0 Å². The molecule has 96 valence electrons. The van der Waals surface area contributed by atoms with E-state index in [-0.39, 0.29) is 0 Å². The third kappa shape index (κ3) is 4.84. The summed E-state index contributed by atoms with van der Waals surface area (Å²) in [4.78, 5) is 2.62. The zero-order chi connectivity index (χ0) is 12.0. The van der Waals surface area contributed by atoms with Crippen LogP contribution in [0.2, 0.25) is 0 Å². The van der Waals surface area contributed by atoms with Crippen LogP contribution in [0.25, 0.3) is 0 Å². The molecular weight excluding hydrogens is 196 g/mol. The fourth-order valence-electron chi connectivity index (χ4n) is 2.41. The lowest BCUT2D eigenvalue weighted by molar-refractivity contribution is 0.138. The van der Waals surface area contributed by atoms with E-state index < -0.39 is 0 Å². The number of rotatable bonds is 6. The molecule has 2 unspecified atom stereocenters. The van der Waals surface area contributed by atoms with Gasteiger partial charge in [-0.15, -0.1) is 0 Å². The first-order valence-corrected chi connectivity index (χ1v) is 7.08. The normalized spacial score (nSPS) is 24.9. The molecule has 1 fully saturated rings. The molecule has 0 saturated carbocycles. The molecule has 0 amide bonds. The summed E-state index contributed by atoms with van der Waals surface area (Å²) in [5.41, 5.74) is 0. The van der Waals surface area contributed by atoms with E-state index in [0.717, 1.165) is 17.9 Å². The zero-order valence-corrected chi connectivity index (χ0v) is 11.6. The molecule has 2 nitrogen and oxygen atoms in total. The molecule has 1 N–H and O–H groups in total. The lowest BCUT2D eigenvalue weighted by atomic mass is 9.96. The van der Waals surface area contributed by atoms with Gasteiger partial charge in [0.25, 0.3) is 0 Å². The van der Waals surface area contributed by atoms with Gasteiger partial charge in [-0.2, -0.15) is 0 Å². The van der Waals surface area contributed by atoms with E-state index >= 15 is 0 Å². The highest BCUT2D eigenvalue weighted by Gasteiger charge is 2.21. The maximum absolute atomic E-state index is 3.64. The molecule has 0 bridgehead atoms. The van der Waals surface area contributed by atoms with Crippen LogP contribution in [0.15, 0.2) is 0 Å². The van der Waals surface area contributed by atoms with E-state index in [1.54, 1.807) is 0 Å². The van der Waals surface area contributed by atoms with Gasteiger partial charge in [0.15, 0.2) is 0 Å². The summed E-state index contributed by atoms with van der Waals surface area (Å²) in [7, 11) is 0. The van der Waals surface area contributed by atoms with Crippen molar-refractivity contribution >= 4 is 0 Å². The molecule has 1 rings (SSSR count). The summed E-state index contributed by atoms with van der Waals surface area (Å²) in [6.45, 7) is 14.2. The first-order valence-electron chi connectivity index (χ1n) is 7.08. The highest BCUT2D eigenvalue weighted by atomic mass is 15.2. The van der Waals surface area contributed by atoms with Crippen molar-refractivity contribution in [2.45, 2.75) is 53.0 Å². The third-order valence-corrected chi connectivity index (χ3v) is 3.90. The Kier molecular flexibility index (Phi) is 6.37. The molecule has 0 radical (unpaired) electrons. The minimum absolute atomic E-state index is 0.720. The molecule has 2 atom stereocenters. The number of nitrogens with zero attached hydrogens (tertiary/aromatic N) is 1.